The SMILES string of the molecule is Fc1ccc2c(c1F)N1CCCC1CN2. The Balaban J connectivity index is 2.14. The van der Waals surface area contributed by atoms with Crippen molar-refractivity contribution in [1.29, 1.82) is 0 Å². The van der Waals surface area contributed by atoms with Gasteiger partial charge in [-0.3, -0.25) is 0 Å². The monoisotopic (exact) mass is 210 g/mol. The Morgan fingerprint density at radius 1 is 1.33 bits per heavy atom. The zero-order valence-corrected chi connectivity index (χ0v) is 8.26. The highest BCUT2D eigenvalue weighted by Gasteiger charge is 2.33. The molecule has 0 saturated carbocycles. The molecule has 1 fully saturated rings. The van der Waals surface area contributed by atoms with Gasteiger partial charge in [0.1, 0.15) is 0 Å². The van der Waals surface area contributed by atoms with Crippen LogP contribution in [0.3, 0.4) is 0 Å². The molecule has 0 radical (unpaired) electrons. The molecule has 1 aromatic carbocycles. The standard InChI is InChI=1S/C11H12F2N2/c12-8-3-4-9-11(10(8)13)15-5-1-2-7(15)6-14-9/h3-4,7,14H,1-2,5-6H2. The van der Waals surface area contributed by atoms with Crippen LogP contribution in [0, 0.1) is 11.6 Å². The van der Waals surface area contributed by atoms with Crippen LogP contribution in [0.4, 0.5) is 20.2 Å². The lowest BCUT2D eigenvalue weighted by Crippen LogP contribution is -2.40. The molecule has 0 aromatic heterocycles. The number of fused-ring (bicyclic) bond motifs is 3. The van der Waals surface area contributed by atoms with Crippen molar-refractivity contribution in [3.63, 3.8) is 0 Å². The van der Waals surface area contributed by atoms with E-state index < -0.39 is 11.6 Å². The summed E-state index contributed by atoms with van der Waals surface area (Å²) in [7, 11) is 0. The van der Waals surface area contributed by atoms with Gasteiger partial charge in [-0.05, 0) is 25.0 Å². The Morgan fingerprint density at radius 2 is 2.20 bits per heavy atom. The predicted octanol–water partition coefficient (Wildman–Crippen LogP) is 2.36. The van der Waals surface area contributed by atoms with Crippen LogP contribution < -0.4 is 10.2 Å². The Bertz CT molecular complexity index is 406. The third-order valence-corrected chi connectivity index (χ3v) is 3.26. The van der Waals surface area contributed by atoms with Crippen molar-refractivity contribution in [2.45, 2.75) is 18.9 Å². The fourth-order valence-corrected chi connectivity index (χ4v) is 2.53. The number of hydrogen-bond acceptors (Lipinski definition) is 2. The molecular formula is C11H12F2N2. The Morgan fingerprint density at radius 3 is 3.07 bits per heavy atom. The van der Waals surface area contributed by atoms with Crippen LogP contribution in [0.2, 0.25) is 0 Å². The third-order valence-electron chi connectivity index (χ3n) is 3.26. The maximum Gasteiger partial charge on any atom is 0.184 e. The van der Waals surface area contributed by atoms with Gasteiger partial charge >= 0.3 is 0 Å². The summed E-state index contributed by atoms with van der Waals surface area (Å²) in [5.41, 5.74) is 1.14. The van der Waals surface area contributed by atoms with Gasteiger partial charge in [0.2, 0.25) is 0 Å². The van der Waals surface area contributed by atoms with E-state index in [4.69, 9.17) is 0 Å². The van der Waals surface area contributed by atoms with Crippen molar-refractivity contribution in [2.75, 3.05) is 23.3 Å². The molecule has 80 valence electrons. The lowest BCUT2D eigenvalue weighted by molar-refractivity contribution is 0.503. The number of hydrogen-bond donors (Lipinski definition) is 1. The number of rotatable bonds is 0. The summed E-state index contributed by atoms with van der Waals surface area (Å²) in [5, 5.41) is 3.15. The number of anilines is 2. The average Bonchev–Trinajstić information content (AvgIpc) is 2.70. The maximum atomic E-state index is 13.7. The largest absolute Gasteiger partial charge is 0.381 e. The van der Waals surface area contributed by atoms with Crippen molar-refractivity contribution in [3.8, 4) is 0 Å². The molecule has 2 aliphatic rings. The summed E-state index contributed by atoms with van der Waals surface area (Å²) < 4.78 is 26.8. The van der Waals surface area contributed by atoms with E-state index >= 15 is 0 Å². The molecule has 2 aliphatic heterocycles. The Labute approximate surface area is 86.9 Å². The van der Waals surface area contributed by atoms with Crippen molar-refractivity contribution in [1.82, 2.24) is 0 Å². The van der Waals surface area contributed by atoms with E-state index in [9.17, 15) is 8.78 Å². The number of halogens is 2. The quantitative estimate of drug-likeness (QED) is 0.707. The van der Waals surface area contributed by atoms with Crippen LogP contribution in [-0.4, -0.2) is 19.1 Å². The smallest absolute Gasteiger partial charge is 0.184 e. The van der Waals surface area contributed by atoms with E-state index in [-0.39, 0.29) is 0 Å². The molecule has 1 atom stereocenters. The van der Waals surface area contributed by atoms with Crippen LogP contribution in [0.25, 0.3) is 0 Å². The molecule has 3 rings (SSSR count). The fourth-order valence-electron chi connectivity index (χ4n) is 2.53. The van der Waals surface area contributed by atoms with Crippen LogP contribution in [0.15, 0.2) is 12.1 Å². The zero-order chi connectivity index (χ0) is 10.4. The lowest BCUT2D eigenvalue weighted by Gasteiger charge is -2.34. The zero-order valence-electron chi connectivity index (χ0n) is 8.26. The molecule has 15 heavy (non-hydrogen) atoms. The molecule has 0 bridgehead atoms. The summed E-state index contributed by atoms with van der Waals surface area (Å²) in [6.45, 7) is 1.66. The first-order valence-corrected chi connectivity index (χ1v) is 5.26. The highest BCUT2D eigenvalue weighted by molar-refractivity contribution is 5.74. The normalized spacial score (nSPS) is 23.3. The summed E-state index contributed by atoms with van der Waals surface area (Å²) in [6, 6.07) is 3.12. The molecule has 1 saturated heterocycles. The summed E-state index contributed by atoms with van der Waals surface area (Å²) in [6.07, 6.45) is 2.12. The van der Waals surface area contributed by atoms with Gasteiger partial charge in [0.25, 0.3) is 0 Å². The molecule has 0 spiro atoms. The topological polar surface area (TPSA) is 15.3 Å². The molecule has 0 aliphatic carbocycles. The second kappa shape index (κ2) is 3.08. The van der Waals surface area contributed by atoms with E-state index in [2.05, 4.69) is 5.32 Å². The minimum absolute atomic E-state index is 0.328. The predicted molar refractivity (Wildman–Crippen MR) is 55.2 cm³/mol. The molecule has 2 heterocycles. The van der Waals surface area contributed by atoms with E-state index in [0.29, 0.717) is 17.4 Å². The van der Waals surface area contributed by atoms with Gasteiger partial charge in [0.15, 0.2) is 11.6 Å². The summed E-state index contributed by atoms with van der Waals surface area (Å²) >= 11 is 0. The van der Waals surface area contributed by atoms with Gasteiger partial charge in [-0.1, -0.05) is 0 Å². The van der Waals surface area contributed by atoms with Gasteiger partial charge in [-0.2, -0.15) is 0 Å². The number of benzene rings is 1. The van der Waals surface area contributed by atoms with Gasteiger partial charge in [-0.15, -0.1) is 0 Å². The van der Waals surface area contributed by atoms with Crippen molar-refractivity contribution >= 4 is 11.4 Å². The first-order valence-electron chi connectivity index (χ1n) is 5.26. The molecular weight excluding hydrogens is 198 g/mol. The van der Waals surface area contributed by atoms with Gasteiger partial charge in [0, 0.05) is 19.1 Å². The van der Waals surface area contributed by atoms with E-state index in [1.165, 1.54) is 6.07 Å². The first kappa shape index (κ1) is 8.95. The second-order valence-electron chi connectivity index (χ2n) is 4.13. The van der Waals surface area contributed by atoms with Crippen molar-refractivity contribution in [2.24, 2.45) is 0 Å². The number of nitrogens with zero attached hydrogens (tertiary/aromatic N) is 1. The third kappa shape index (κ3) is 1.20. The highest BCUT2D eigenvalue weighted by atomic mass is 19.2. The number of nitrogens with one attached hydrogen (secondary N) is 1. The Kier molecular flexibility index (Phi) is 1.84. The van der Waals surface area contributed by atoms with Gasteiger partial charge < -0.3 is 10.2 Å². The maximum absolute atomic E-state index is 13.7. The second-order valence-corrected chi connectivity index (χ2v) is 4.13. The first-order chi connectivity index (χ1) is 7.27. The molecule has 4 heteroatoms. The van der Waals surface area contributed by atoms with Crippen molar-refractivity contribution in [3.05, 3.63) is 23.8 Å². The molecule has 1 aromatic rings. The lowest BCUT2D eigenvalue weighted by atomic mass is 10.1. The van der Waals surface area contributed by atoms with Gasteiger partial charge in [0.05, 0.1) is 11.4 Å². The molecule has 0 amide bonds. The summed E-state index contributed by atoms with van der Waals surface area (Å²) in [5.74, 6) is -1.48. The Hall–Kier alpha value is -1.32. The summed E-state index contributed by atoms with van der Waals surface area (Å²) in [4.78, 5) is 1.99. The molecule has 2 nitrogen and oxygen atoms in total. The van der Waals surface area contributed by atoms with E-state index in [1.54, 1.807) is 6.07 Å². The van der Waals surface area contributed by atoms with E-state index in [1.807, 2.05) is 4.90 Å². The van der Waals surface area contributed by atoms with Crippen LogP contribution in [0.5, 0.6) is 0 Å². The van der Waals surface area contributed by atoms with Gasteiger partial charge in [-0.25, -0.2) is 8.78 Å². The minimum atomic E-state index is -0.761. The highest BCUT2D eigenvalue weighted by Crippen LogP contribution is 2.38. The van der Waals surface area contributed by atoms with Crippen molar-refractivity contribution < 1.29 is 8.78 Å². The fraction of sp³-hybridized carbons (Fsp3) is 0.455. The van der Waals surface area contributed by atoms with Crippen LogP contribution in [-0.2, 0) is 0 Å². The van der Waals surface area contributed by atoms with Crippen LogP contribution in [0.1, 0.15) is 12.8 Å². The molecule has 1 N–H and O–H groups in total. The molecule has 1 unspecified atom stereocenters. The van der Waals surface area contributed by atoms with Crippen LogP contribution >= 0.6 is 0 Å². The average molecular weight is 210 g/mol. The van der Waals surface area contributed by atoms with E-state index in [0.717, 1.165) is 25.9 Å². The minimum Gasteiger partial charge on any atom is -0.381 e.